The van der Waals surface area contributed by atoms with Gasteiger partial charge in [0.15, 0.2) is 0 Å². The molecule has 0 bridgehead atoms. The molecule has 5 heteroatoms. The lowest BCUT2D eigenvalue weighted by molar-refractivity contribution is -0.117. The van der Waals surface area contributed by atoms with Crippen molar-refractivity contribution in [1.29, 1.82) is 0 Å². The van der Waals surface area contributed by atoms with Crippen molar-refractivity contribution in [2.75, 3.05) is 11.4 Å². The average Bonchev–Trinajstić information content (AvgIpc) is 2.43. The van der Waals surface area contributed by atoms with Crippen LogP contribution < -0.4 is 4.90 Å². The van der Waals surface area contributed by atoms with Crippen molar-refractivity contribution in [3.05, 3.63) is 27.7 Å². The second-order valence-electron chi connectivity index (χ2n) is 3.92. The van der Waals surface area contributed by atoms with E-state index in [1.807, 2.05) is 13.0 Å². The van der Waals surface area contributed by atoms with Crippen LogP contribution in [0.1, 0.15) is 12.0 Å². The maximum absolute atomic E-state index is 11.8. The lowest BCUT2D eigenvalue weighted by Crippen LogP contribution is -2.25. The first-order valence-corrected chi connectivity index (χ1v) is 6.20. The van der Waals surface area contributed by atoms with E-state index in [1.165, 1.54) is 0 Å². The highest BCUT2D eigenvalue weighted by molar-refractivity contribution is 7.81. The van der Waals surface area contributed by atoms with Crippen LogP contribution in [0.15, 0.2) is 12.1 Å². The molecule has 1 heterocycles. The molecule has 0 aromatic heterocycles. The minimum atomic E-state index is 0.0623. The number of anilines is 1. The van der Waals surface area contributed by atoms with Crippen LogP contribution in [0.4, 0.5) is 5.69 Å². The Kier molecular flexibility index (Phi) is 3.38. The molecule has 1 unspecified atom stereocenters. The molecule has 0 radical (unpaired) electrons. The van der Waals surface area contributed by atoms with Gasteiger partial charge in [0, 0.05) is 23.2 Å². The molecule has 1 aliphatic rings. The Hall–Kier alpha value is -0.380. The minimum absolute atomic E-state index is 0.0623. The highest BCUT2D eigenvalue weighted by Gasteiger charge is 2.30. The van der Waals surface area contributed by atoms with Crippen LogP contribution in [0.5, 0.6) is 0 Å². The lowest BCUT2D eigenvalue weighted by atomic mass is 10.2. The summed E-state index contributed by atoms with van der Waals surface area (Å²) in [7, 11) is 0. The van der Waals surface area contributed by atoms with Gasteiger partial charge in [-0.3, -0.25) is 4.79 Å². The van der Waals surface area contributed by atoms with Crippen LogP contribution >= 0.6 is 35.8 Å². The van der Waals surface area contributed by atoms with Crippen molar-refractivity contribution < 1.29 is 4.79 Å². The standard InChI is InChI=1S/C11H11Cl2NOS/c1-6-2-7(12)3-9(13)11(6)14-5-8(16)4-10(14)15/h2-3,8,16H,4-5H2,1H3. The van der Waals surface area contributed by atoms with Crippen LogP contribution in [-0.4, -0.2) is 17.7 Å². The molecule has 1 aliphatic heterocycles. The van der Waals surface area contributed by atoms with Gasteiger partial charge in [-0.15, -0.1) is 0 Å². The van der Waals surface area contributed by atoms with Gasteiger partial charge in [-0.2, -0.15) is 12.6 Å². The minimum Gasteiger partial charge on any atom is -0.310 e. The Balaban J connectivity index is 2.44. The maximum Gasteiger partial charge on any atom is 0.228 e. The molecule has 0 spiro atoms. The molecular weight excluding hydrogens is 265 g/mol. The van der Waals surface area contributed by atoms with Crippen LogP contribution in [-0.2, 0) is 4.79 Å². The molecule has 1 fully saturated rings. The first kappa shape index (κ1) is 12.1. The van der Waals surface area contributed by atoms with Gasteiger partial charge in [0.1, 0.15) is 0 Å². The fourth-order valence-corrected chi connectivity index (χ4v) is 2.96. The molecule has 0 aliphatic carbocycles. The Labute approximate surface area is 110 Å². The number of benzene rings is 1. The van der Waals surface area contributed by atoms with E-state index < -0.39 is 0 Å². The van der Waals surface area contributed by atoms with Crippen molar-refractivity contribution in [3.8, 4) is 0 Å². The van der Waals surface area contributed by atoms with Crippen molar-refractivity contribution in [1.82, 2.24) is 0 Å². The van der Waals surface area contributed by atoms with Gasteiger partial charge >= 0.3 is 0 Å². The number of halogens is 2. The Morgan fingerprint density at radius 1 is 1.44 bits per heavy atom. The number of hydrogen-bond acceptors (Lipinski definition) is 2. The first-order valence-electron chi connectivity index (χ1n) is 4.93. The number of thiol groups is 1. The fourth-order valence-electron chi connectivity index (χ4n) is 1.94. The van der Waals surface area contributed by atoms with Crippen LogP contribution in [0, 0.1) is 6.92 Å². The summed E-state index contributed by atoms with van der Waals surface area (Å²) in [5.41, 5.74) is 1.67. The predicted octanol–water partition coefficient (Wildman–Crippen LogP) is 3.34. The van der Waals surface area contributed by atoms with Gasteiger partial charge in [0.25, 0.3) is 0 Å². The van der Waals surface area contributed by atoms with Gasteiger partial charge in [0.05, 0.1) is 10.7 Å². The summed E-state index contributed by atoms with van der Waals surface area (Å²) in [5, 5.41) is 1.18. The number of rotatable bonds is 1. The molecule has 1 atom stereocenters. The molecule has 2 rings (SSSR count). The lowest BCUT2D eigenvalue weighted by Gasteiger charge is -2.20. The van der Waals surface area contributed by atoms with Gasteiger partial charge in [-0.25, -0.2) is 0 Å². The predicted molar refractivity (Wildman–Crippen MR) is 70.9 cm³/mol. The van der Waals surface area contributed by atoms with Crippen molar-refractivity contribution in [3.63, 3.8) is 0 Å². The van der Waals surface area contributed by atoms with Crippen LogP contribution in [0.2, 0.25) is 10.0 Å². The second kappa shape index (κ2) is 4.47. The molecule has 0 saturated carbocycles. The number of hydrogen-bond donors (Lipinski definition) is 1. The summed E-state index contributed by atoms with van der Waals surface area (Å²) in [6, 6.07) is 3.46. The molecule has 1 aromatic rings. The van der Waals surface area contributed by atoms with Crippen LogP contribution in [0.3, 0.4) is 0 Å². The molecule has 86 valence electrons. The highest BCUT2D eigenvalue weighted by Crippen LogP contribution is 2.35. The molecule has 1 aromatic carbocycles. The number of aryl methyl sites for hydroxylation is 1. The van der Waals surface area contributed by atoms with Crippen LogP contribution in [0.25, 0.3) is 0 Å². The van der Waals surface area contributed by atoms with E-state index in [1.54, 1.807) is 11.0 Å². The average molecular weight is 276 g/mol. The van der Waals surface area contributed by atoms with Crippen molar-refractivity contribution >= 4 is 47.4 Å². The first-order chi connectivity index (χ1) is 7.49. The molecule has 1 saturated heterocycles. The smallest absolute Gasteiger partial charge is 0.228 e. The van der Waals surface area contributed by atoms with Crippen molar-refractivity contribution in [2.45, 2.75) is 18.6 Å². The van der Waals surface area contributed by atoms with E-state index in [0.717, 1.165) is 11.3 Å². The monoisotopic (exact) mass is 275 g/mol. The van der Waals surface area contributed by atoms with E-state index in [-0.39, 0.29) is 11.2 Å². The zero-order valence-electron chi connectivity index (χ0n) is 8.70. The summed E-state index contributed by atoms with van der Waals surface area (Å²) >= 11 is 16.3. The summed E-state index contributed by atoms with van der Waals surface area (Å²) in [6.45, 7) is 2.50. The molecule has 0 N–H and O–H groups in total. The van der Waals surface area contributed by atoms with E-state index in [2.05, 4.69) is 12.6 Å². The normalized spacial score (nSPS) is 20.6. The van der Waals surface area contributed by atoms with Gasteiger partial charge < -0.3 is 4.90 Å². The number of amides is 1. The third-order valence-corrected chi connectivity index (χ3v) is 3.45. The van der Waals surface area contributed by atoms with E-state index in [0.29, 0.717) is 23.0 Å². The fraction of sp³-hybridized carbons (Fsp3) is 0.364. The van der Waals surface area contributed by atoms with Crippen molar-refractivity contribution in [2.24, 2.45) is 0 Å². The molecule has 1 amide bonds. The highest BCUT2D eigenvalue weighted by atomic mass is 35.5. The number of carbonyl (C=O) groups is 1. The molecular formula is C11H11Cl2NOS. The van der Waals surface area contributed by atoms with E-state index in [9.17, 15) is 4.79 Å². The van der Waals surface area contributed by atoms with Gasteiger partial charge in [-0.05, 0) is 24.6 Å². The number of carbonyl (C=O) groups excluding carboxylic acids is 1. The Morgan fingerprint density at radius 2 is 2.12 bits per heavy atom. The number of nitrogens with zero attached hydrogens (tertiary/aromatic N) is 1. The summed E-state index contributed by atoms with van der Waals surface area (Å²) in [5.74, 6) is 0.0623. The third-order valence-electron chi connectivity index (χ3n) is 2.59. The van der Waals surface area contributed by atoms with Gasteiger partial charge in [0.2, 0.25) is 5.91 Å². The zero-order chi connectivity index (χ0) is 11.9. The summed E-state index contributed by atoms with van der Waals surface area (Å²) in [6.07, 6.45) is 0.460. The van der Waals surface area contributed by atoms with E-state index in [4.69, 9.17) is 23.2 Å². The Bertz CT molecular complexity index is 427. The SMILES string of the molecule is Cc1cc(Cl)cc(Cl)c1N1CC(S)CC1=O. The third kappa shape index (κ3) is 2.17. The largest absolute Gasteiger partial charge is 0.310 e. The summed E-state index contributed by atoms with van der Waals surface area (Å²) in [4.78, 5) is 13.4. The Morgan fingerprint density at radius 3 is 2.62 bits per heavy atom. The maximum atomic E-state index is 11.8. The van der Waals surface area contributed by atoms with E-state index >= 15 is 0 Å². The molecule has 2 nitrogen and oxygen atoms in total. The molecule has 16 heavy (non-hydrogen) atoms. The zero-order valence-corrected chi connectivity index (χ0v) is 11.1. The summed E-state index contributed by atoms with van der Waals surface area (Å²) < 4.78 is 0. The van der Waals surface area contributed by atoms with Gasteiger partial charge in [-0.1, -0.05) is 23.2 Å². The quantitative estimate of drug-likeness (QED) is 0.780. The second-order valence-corrected chi connectivity index (χ2v) is 5.49. The topological polar surface area (TPSA) is 20.3 Å².